The number of pyridine rings is 1. The van der Waals surface area contributed by atoms with E-state index >= 15 is 0 Å². The number of carbonyl (C=O) groups excluding carboxylic acids is 1. The number of hydrogen-bond donors (Lipinski definition) is 1. The van der Waals surface area contributed by atoms with Gasteiger partial charge in [-0.25, -0.2) is 9.37 Å². The van der Waals surface area contributed by atoms with E-state index in [1.54, 1.807) is 0 Å². The zero-order chi connectivity index (χ0) is 29.1. The number of halogens is 12. The number of alkyl halides is 9. The molecule has 213 valence electrons. The van der Waals surface area contributed by atoms with Gasteiger partial charge in [0.2, 0.25) is 11.7 Å². The normalized spacial score (nSPS) is 12.2. The molecule has 0 spiro atoms. The maximum atomic E-state index is 14.5. The van der Waals surface area contributed by atoms with Crippen LogP contribution in [0.15, 0.2) is 12.1 Å². The van der Waals surface area contributed by atoms with Crippen LogP contribution in [0.25, 0.3) is 5.69 Å². The Morgan fingerprint density at radius 3 is 1.82 bits per heavy atom. The van der Waals surface area contributed by atoms with Gasteiger partial charge in [-0.3, -0.25) is 4.79 Å². The second-order valence-electron chi connectivity index (χ2n) is 7.30. The van der Waals surface area contributed by atoms with E-state index in [1.165, 1.54) is 0 Å². The average Bonchev–Trinajstić information content (AvgIpc) is 3.06. The van der Waals surface area contributed by atoms with Crippen molar-refractivity contribution in [3.8, 4) is 17.6 Å². The van der Waals surface area contributed by atoms with E-state index in [2.05, 4.69) is 10.1 Å². The van der Waals surface area contributed by atoms with E-state index in [4.69, 9.17) is 5.26 Å². The van der Waals surface area contributed by atoms with Crippen molar-refractivity contribution in [2.24, 2.45) is 0 Å². The third-order valence-corrected chi connectivity index (χ3v) is 4.88. The van der Waals surface area contributed by atoms with Gasteiger partial charge in [-0.1, -0.05) is 0 Å². The fourth-order valence-corrected chi connectivity index (χ4v) is 3.30. The molecule has 0 saturated carbocycles. The van der Waals surface area contributed by atoms with Gasteiger partial charge in [0, 0.05) is 22.6 Å². The minimum Gasteiger partial charge on any atom is -0.493 e. The van der Waals surface area contributed by atoms with E-state index in [-0.39, 0.29) is 29.2 Å². The van der Waals surface area contributed by atoms with Gasteiger partial charge in [-0.2, -0.15) is 63.3 Å². The van der Waals surface area contributed by atoms with Gasteiger partial charge in [-0.05, 0) is 19.1 Å². The van der Waals surface area contributed by atoms with Crippen LogP contribution >= 0.6 is 0 Å². The molecule has 0 saturated heterocycles. The predicted octanol–water partition coefficient (Wildman–Crippen LogP) is 5.86. The summed E-state index contributed by atoms with van der Waals surface area (Å²) in [5.74, 6) is -11.2. The van der Waals surface area contributed by atoms with Crippen molar-refractivity contribution in [2.45, 2.75) is 25.5 Å². The van der Waals surface area contributed by atoms with Crippen LogP contribution in [0, 0.1) is 35.8 Å². The molecule has 3 aromatic rings. The molecule has 2 aromatic heterocycles. The molecule has 3 rings (SSSR count). The summed E-state index contributed by atoms with van der Waals surface area (Å²) in [5, 5.41) is 22.4. The molecule has 0 unspecified atom stereocenters. The summed E-state index contributed by atoms with van der Waals surface area (Å²) in [4.78, 5) is 15.0. The quantitative estimate of drug-likeness (QED) is 0.171. The Morgan fingerprint density at radius 2 is 1.41 bits per heavy atom. The van der Waals surface area contributed by atoms with Crippen molar-refractivity contribution in [1.29, 1.82) is 5.26 Å². The van der Waals surface area contributed by atoms with Crippen molar-refractivity contribution in [3.63, 3.8) is 0 Å². The molecule has 0 amide bonds. The molecule has 1 radical (unpaired) electrons. The minimum atomic E-state index is -5.70. The van der Waals surface area contributed by atoms with Crippen LogP contribution in [0.1, 0.15) is 44.0 Å². The van der Waals surface area contributed by atoms with Crippen LogP contribution in [0.5, 0.6) is 5.88 Å². The third kappa shape index (κ3) is 5.52. The molecule has 1 aromatic carbocycles. The first-order chi connectivity index (χ1) is 17.2. The van der Waals surface area contributed by atoms with Crippen molar-refractivity contribution in [2.75, 3.05) is 0 Å². The Morgan fingerprint density at radius 1 is 0.923 bits per heavy atom. The van der Waals surface area contributed by atoms with Crippen molar-refractivity contribution >= 4 is 5.78 Å². The van der Waals surface area contributed by atoms with Crippen molar-refractivity contribution in [3.05, 3.63) is 68.9 Å². The molecule has 0 fully saturated rings. The summed E-state index contributed by atoms with van der Waals surface area (Å²) in [5.41, 5.74) is -14.6. The zero-order valence-electron chi connectivity index (χ0n) is 18.1. The first-order valence-electron chi connectivity index (χ1n) is 9.39. The van der Waals surface area contributed by atoms with Crippen LogP contribution in [-0.2, 0) is 35.6 Å². The molecule has 0 bridgehead atoms. The molecule has 0 atom stereocenters. The Labute approximate surface area is 217 Å². The SMILES string of the molecule is Cc1nn(-c2c(F)c(F)nc(C(F)(F)F)c2F)c(O)c1C(=O)c1cc(C(F)(F)F)c(C#N)c(C(F)(F)F)c1.[Cu]. The van der Waals surface area contributed by atoms with E-state index in [0.29, 0.717) is 0 Å². The summed E-state index contributed by atoms with van der Waals surface area (Å²) in [7, 11) is 0. The number of rotatable bonds is 3. The third-order valence-electron chi connectivity index (χ3n) is 4.88. The molecule has 6 nitrogen and oxygen atoms in total. The second-order valence-corrected chi connectivity index (χ2v) is 7.30. The Bertz CT molecular complexity index is 1480. The molecule has 2 heterocycles. The number of aromatic nitrogens is 3. The van der Waals surface area contributed by atoms with Gasteiger partial charge in [0.05, 0.1) is 22.4 Å². The van der Waals surface area contributed by atoms with E-state index in [9.17, 15) is 62.6 Å². The number of hydrogen-bond acceptors (Lipinski definition) is 5. The Balaban J connectivity index is 0.00000533. The van der Waals surface area contributed by atoms with Crippen LogP contribution < -0.4 is 0 Å². The van der Waals surface area contributed by atoms with Gasteiger partial charge in [0.1, 0.15) is 17.3 Å². The predicted molar refractivity (Wildman–Crippen MR) is 97.2 cm³/mol. The maximum absolute atomic E-state index is 14.5. The van der Waals surface area contributed by atoms with Crippen LogP contribution in [0.3, 0.4) is 0 Å². The van der Waals surface area contributed by atoms with E-state index in [1.807, 2.05) is 0 Å². The van der Waals surface area contributed by atoms with E-state index in [0.717, 1.165) is 13.0 Å². The molecule has 0 aliphatic rings. The maximum Gasteiger partial charge on any atom is 0.436 e. The molecule has 0 aliphatic carbocycles. The standard InChI is InChI=1S/C20H6F12N4O2.Cu/c1-5-10(14(37)6-2-8(18(24,25)26)7(4-33)9(3-6)19(27,28)29)17(38)36(35-5)13-11(21)15(20(30,31)32)34-16(23)12(13)22;/h2-3,38H,1H3;. The molecule has 39 heavy (non-hydrogen) atoms. The second kappa shape index (κ2) is 10.1. The Kier molecular flexibility index (Phi) is 8.12. The number of ketones is 1. The van der Waals surface area contributed by atoms with Crippen molar-refractivity contribution < 1.29 is 79.7 Å². The van der Waals surface area contributed by atoms with E-state index < -0.39 is 97.3 Å². The molecular formula is C20H6CuF12N4O2. The summed E-state index contributed by atoms with van der Waals surface area (Å²) in [6, 6.07) is 0.375. The molecule has 1 N–H and O–H groups in total. The Hall–Kier alpha value is -3.78. The van der Waals surface area contributed by atoms with Crippen molar-refractivity contribution in [1.82, 2.24) is 14.8 Å². The first kappa shape index (κ1) is 31.4. The monoisotopic (exact) mass is 625 g/mol. The minimum absolute atomic E-state index is 0. The fraction of sp³-hybridized carbons (Fsp3) is 0.200. The zero-order valence-corrected chi connectivity index (χ0v) is 19.1. The summed E-state index contributed by atoms with van der Waals surface area (Å²) in [6.07, 6.45) is -16.9. The van der Waals surface area contributed by atoms with Gasteiger partial charge in [0.15, 0.2) is 17.3 Å². The summed E-state index contributed by atoms with van der Waals surface area (Å²) >= 11 is 0. The smallest absolute Gasteiger partial charge is 0.436 e. The van der Waals surface area contributed by atoms with Crippen LogP contribution in [0.4, 0.5) is 52.7 Å². The van der Waals surface area contributed by atoms with Crippen LogP contribution in [0.2, 0.25) is 0 Å². The summed E-state index contributed by atoms with van der Waals surface area (Å²) < 4.78 is 161. The topological polar surface area (TPSA) is 91.8 Å². The number of nitriles is 1. The first-order valence-corrected chi connectivity index (χ1v) is 9.39. The van der Waals surface area contributed by atoms with Gasteiger partial charge < -0.3 is 5.11 Å². The largest absolute Gasteiger partial charge is 0.493 e. The van der Waals surface area contributed by atoms with Crippen LogP contribution in [-0.4, -0.2) is 25.7 Å². The number of aryl methyl sites for hydroxylation is 1. The number of carbonyl (C=O) groups is 1. The molecule has 0 aliphatic heterocycles. The number of aromatic hydroxyl groups is 1. The fourth-order valence-electron chi connectivity index (χ4n) is 3.30. The molecule has 19 heteroatoms. The number of benzene rings is 1. The molecular weight excluding hydrogens is 620 g/mol. The van der Waals surface area contributed by atoms with Gasteiger partial charge in [0.25, 0.3) is 5.95 Å². The summed E-state index contributed by atoms with van der Waals surface area (Å²) in [6.45, 7) is 0.737. The van der Waals surface area contributed by atoms with Gasteiger partial charge >= 0.3 is 18.5 Å². The number of nitrogens with zero attached hydrogens (tertiary/aromatic N) is 4. The van der Waals surface area contributed by atoms with Gasteiger partial charge in [-0.15, -0.1) is 0 Å². The average molecular weight is 626 g/mol.